The number of nitrogens with zero attached hydrogens (tertiary/aromatic N) is 1. The van der Waals surface area contributed by atoms with Crippen LogP contribution in [0, 0.1) is 0 Å². The molecule has 1 atom stereocenters. The van der Waals surface area contributed by atoms with Gasteiger partial charge in [-0.2, -0.15) is 0 Å². The molecule has 1 unspecified atom stereocenters. The van der Waals surface area contributed by atoms with Crippen molar-refractivity contribution in [2.24, 2.45) is 0 Å². The molecule has 0 fully saturated rings. The van der Waals surface area contributed by atoms with E-state index in [9.17, 15) is 0 Å². The molecule has 1 heterocycles. The highest BCUT2D eigenvalue weighted by Crippen LogP contribution is 2.26. The third kappa shape index (κ3) is 2.38. The maximum atomic E-state index is 8.91. The number of aromatic nitrogens is 1. The molecule has 3 nitrogen and oxygen atoms in total. The van der Waals surface area contributed by atoms with Gasteiger partial charge in [0.05, 0.1) is 12.3 Å². The Hall–Kier alpha value is -0.770. The number of thiazole rings is 1. The van der Waals surface area contributed by atoms with Gasteiger partial charge in [-0.3, -0.25) is 0 Å². The van der Waals surface area contributed by atoms with E-state index in [1.165, 1.54) is 6.20 Å². The Morgan fingerprint density at radius 3 is 3.00 bits per heavy atom. The van der Waals surface area contributed by atoms with Gasteiger partial charge in [-0.1, -0.05) is 6.92 Å². The van der Waals surface area contributed by atoms with Crippen LogP contribution in [-0.2, 0) is 0 Å². The molecule has 62 valence electrons. The Labute approximate surface area is 69.7 Å². The Morgan fingerprint density at radius 2 is 2.55 bits per heavy atom. The van der Waals surface area contributed by atoms with Crippen LogP contribution in [0.3, 0.4) is 0 Å². The molecule has 1 N–H and O–H groups in total. The molecule has 0 spiro atoms. The third-order valence-electron chi connectivity index (χ3n) is 1.35. The van der Waals surface area contributed by atoms with Crippen LogP contribution in [0.2, 0.25) is 0 Å². The second kappa shape index (κ2) is 3.57. The Morgan fingerprint density at radius 1 is 1.82 bits per heavy atom. The van der Waals surface area contributed by atoms with E-state index in [1.54, 1.807) is 0 Å². The van der Waals surface area contributed by atoms with Crippen molar-refractivity contribution >= 4 is 11.3 Å². The van der Waals surface area contributed by atoms with Gasteiger partial charge >= 0.3 is 0 Å². The largest absolute Gasteiger partial charge is 0.498 e. The summed E-state index contributed by atoms with van der Waals surface area (Å²) < 4.78 is 5.33. The lowest BCUT2D eigenvalue weighted by molar-refractivity contribution is 0.216. The van der Waals surface area contributed by atoms with E-state index in [-0.39, 0.29) is 11.2 Å². The predicted octanol–water partition coefficient (Wildman–Crippen LogP) is 2.03. The lowest BCUT2D eigenvalue weighted by Gasteiger charge is -2.07. The zero-order chi connectivity index (χ0) is 8.27. The monoisotopic (exact) mass is 173 g/mol. The second-order valence-electron chi connectivity index (χ2n) is 2.30. The van der Waals surface area contributed by atoms with Gasteiger partial charge in [0, 0.05) is 0 Å². The fourth-order valence-electron chi connectivity index (χ4n) is 0.560. The normalized spacial score (nSPS) is 12.9. The van der Waals surface area contributed by atoms with Gasteiger partial charge < -0.3 is 9.84 Å². The molecule has 0 bridgehead atoms. The summed E-state index contributed by atoms with van der Waals surface area (Å²) in [7, 11) is 0. The summed E-state index contributed by atoms with van der Waals surface area (Å²) in [4.78, 5) is 3.85. The zero-order valence-electron chi connectivity index (χ0n) is 6.57. The van der Waals surface area contributed by atoms with Crippen LogP contribution in [0.25, 0.3) is 0 Å². The van der Waals surface area contributed by atoms with E-state index in [0.717, 1.165) is 17.8 Å². The first-order valence-electron chi connectivity index (χ1n) is 3.53. The van der Waals surface area contributed by atoms with Crippen molar-refractivity contribution in [1.82, 2.24) is 4.98 Å². The summed E-state index contributed by atoms with van der Waals surface area (Å²) in [6.07, 6.45) is 2.50. The lowest BCUT2D eigenvalue weighted by atomic mass is 10.3. The van der Waals surface area contributed by atoms with Crippen LogP contribution in [0.4, 0.5) is 0 Å². The van der Waals surface area contributed by atoms with Gasteiger partial charge in [0.2, 0.25) is 0 Å². The van der Waals surface area contributed by atoms with E-state index in [0.29, 0.717) is 5.19 Å². The average Bonchev–Trinajstić information content (AvgIpc) is 2.35. The van der Waals surface area contributed by atoms with Crippen LogP contribution >= 0.6 is 11.3 Å². The summed E-state index contributed by atoms with van der Waals surface area (Å²) in [6.45, 7) is 4.01. The maximum absolute atomic E-state index is 8.91. The molecule has 0 aliphatic carbocycles. The molecule has 0 aliphatic rings. The highest BCUT2D eigenvalue weighted by Gasteiger charge is 2.04. The Balaban J connectivity index is 2.50. The van der Waals surface area contributed by atoms with Crippen molar-refractivity contribution in [2.45, 2.75) is 26.4 Å². The number of hydrogen-bond donors (Lipinski definition) is 1. The molecule has 0 saturated heterocycles. The summed E-state index contributed by atoms with van der Waals surface area (Å²) in [5.74, 6) is 0. The van der Waals surface area contributed by atoms with Crippen LogP contribution in [0.1, 0.15) is 20.3 Å². The van der Waals surface area contributed by atoms with Crippen LogP contribution in [-0.4, -0.2) is 16.2 Å². The molecule has 0 saturated carbocycles. The van der Waals surface area contributed by atoms with E-state index in [2.05, 4.69) is 4.98 Å². The van der Waals surface area contributed by atoms with Crippen molar-refractivity contribution in [3.8, 4) is 10.3 Å². The molecule has 0 amide bonds. The lowest BCUT2D eigenvalue weighted by Crippen LogP contribution is -2.09. The number of rotatable bonds is 3. The fourth-order valence-corrected chi connectivity index (χ4v) is 1.16. The van der Waals surface area contributed by atoms with E-state index in [4.69, 9.17) is 9.84 Å². The van der Waals surface area contributed by atoms with E-state index >= 15 is 0 Å². The number of ether oxygens (including phenoxy) is 1. The summed E-state index contributed by atoms with van der Waals surface area (Å²) in [5, 5.41) is 9.65. The van der Waals surface area contributed by atoms with Gasteiger partial charge in [0.15, 0.2) is 5.06 Å². The smallest absolute Gasteiger partial charge is 0.276 e. The summed E-state index contributed by atoms with van der Waals surface area (Å²) in [6, 6.07) is 0. The minimum Gasteiger partial charge on any atom is -0.498 e. The van der Waals surface area contributed by atoms with Crippen molar-refractivity contribution < 1.29 is 9.84 Å². The molecular weight excluding hydrogens is 162 g/mol. The summed E-state index contributed by atoms with van der Waals surface area (Å²) >= 11 is 1.15. The van der Waals surface area contributed by atoms with Gasteiger partial charge in [-0.05, 0) is 24.7 Å². The van der Waals surface area contributed by atoms with Crippen molar-refractivity contribution in [1.29, 1.82) is 0 Å². The van der Waals surface area contributed by atoms with E-state index < -0.39 is 0 Å². The molecule has 4 heteroatoms. The van der Waals surface area contributed by atoms with Gasteiger partial charge in [-0.25, -0.2) is 4.98 Å². The summed E-state index contributed by atoms with van der Waals surface area (Å²) in [5.41, 5.74) is 0. The van der Waals surface area contributed by atoms with E-state index in [1.807, 2.05) is 13.8 Å². The minimum atomic E-state index is 0.167. The first-order valence-corrected chi connectivity index (χ1v) is 4.35. The Bertz CT molecular complexity index is 224. The number of aromatic hydroxyl groups is 1. The molecule has 1 aromatic rings. The molecular formula is C7H11NO2S. The molecule has 0 aromatic carbocycles. The predicted molar refractivity (Wildman–Crippen MR) is 44.2 cm³/mol. The zero-order valence-corrected chi connectivity index (χ0v) is 7.39. The van der Waals surface area contributed by atoms with Crippen molar-refractivity contribution in [3.05, 3.63) is 6.20 Å². The topological polar surface area (TPSA) is 42.4 Å². The highest BCUT2D eigenvalue weighted by atomic mass is 32.1. The average molecular weight is 173 g/mol. The third-order valence-corrected chi connectivity index (χ3v) is 2.04. The van der Waals surface area contributed by atoms with Gasteiger partial charge in [0.1, 0.15) is 0 Å². The van der Waals surface area contributed by atoms with Gasteiger partial charge in [-0.15, -0.1) is 0 Å². The standard InChI is InChI=1S/C7H11NO2S/c1-3-5(2)10-7-8-4-6(9)11-7/h4-5,9H,3H2,1-2H3. The molecule has 1 aromatic heterocycles. The molecule has 0 aliphatic heterocycles. The van der Waals surface area contributed by atoms with Crippen LogP contribution < -0.4 is 4.74 Å². The van der Waals surface area contributed by atoms with Crippen molar-refractivity contribution in [3.63, 3.8) is 0 Å². The number of hydrogen-bond acceptors (Lipinski definition) is 4. The molecule has 11 heavy (non-hydrogen) atoms. The first kappa shape index (κ1) is 8.33. The van der Waals surface area contributed by atoms with Crippen LogP contribution in [0.5, 0.6) is 10.3 Å². The molecule has 1 rings (SSSR count). The highest BCUT2D eigenvalue weighted by molar-refractivity contribution is 7.15. The van der Waals surface area contributed by atoms with Crippen LogP contribution in [0.15, 0.2) is 6.20 Å². The first-order chi connectivity index (χ1) is 5.22. The Kier molecular flexibility index (Phi) is 2.70. The fraction of sp³-hybridized carbons (Fsp3) is 0.571. The van der Waals surface area contributed by atoms with Gasteiger partial charge in [0.25, 0.3) is 5.19 Å². The second-order valence-corrected chi connectivity index (χ2v) is 3.27. The maximum Gasteiger partial charge on any atom is 0.276 e. The quantitative estimate of drug-likeness (QED) is 0.760. The molecule has 0 radical (unpaired) electrons. The SMILES string of the molecule is CCC(C)Oc1ncc(O)s1. The van der Waals surface area contributed by atoms with Crippen molar-refractivity contribution in [2.75, 3.05) is 0 Å². The minimum absolute atomic E-state index is 0.167.